The van der Waals surface area contributed by atoms with Gasteiger partial charge >= 0.3 is 0 Å². The Morgan fingerprint density at radius 1 is 1.33 bits per heavy atom. The first-order valence-electron chi connectivity index (χ1n) is 7.19. The van der Waals surface area contributed by atoms with Crippen LogP contribution in [0.25, 0.3) is 0 Å². The lowest BCUT2D eigenvalue weighted by Crippen LogP contribution is -2.29. The van der Waals surface area contributed by atoms with Crippen LogP contribution in [0.4, 0.5) is 0 Å². The maximum absolute atomic E-state index is 5.78. The van der Waals surface area contributed by atoms with Gasteiger partial charge in [0.05, 0.1) is 0 Å². The van der Waals surface area contributed by atoms with Crippen molar-refractivity contribution in [3.8, 4) is 0 Å². The van der Waals surface area contributed by atoms with Crippen LogP contribution in [0.15, 0.2) is 30.3 Å². The fourth-order valence-corrected chi connectivity index (χ4v) is 3.01. The van der Waals surface area contributed by atoms with E-state index >= 15 is 0 Å². The van der Waals surface area contributed by atoms with Crippen molar-refractivity contribution in [2.45, 2.75) is 38.6 Å². The van der Waals surface area contributed by atoms with E-state index in [9.17, 15) is 0 Å². The molecule has 1 saturated heterocycles. The van der Waals surface area contributed by atoms with Gasteiger partial charge in [-0.3, -0.25) is 0 Å². The molecule has 2 N–H and O–H groups in total. The number of nitrogens with zero attached hydrogens (tertiary/aromatic N) is 1. The molecule has 0 bridgehead atoms. The van der Waals surface area contributed by atoms with Crippen LogP contribution in [0.1, 0.15) is 38.2 Å². The van der Waals surface area contributed by atoms with Crippen LogP contribution in [0.5, 0.6) is 0 Å². The molecule has 0 radical (unpaired) electrons. The molecule has 18 heavy (non-hydrogen) atoms. The Kier molecular flexibility index (Phi) is 4.79. The molecule has 100 valence electrons. The van der Waals surface area contributed by atoms with Gasteiger partial charge in [0.2, 0.25) is 0 Å². The molecule has 1 aromatic carbocycles. The Hall–Kier alpha value is -0.860. The highest BCUT2D eigenvalue weighted by Gasteiger charge is 2.27. The molecule has 1 aliphatic rings. The molecule has 0 aromatic heterocycles. The van der Waals surface area contributed by atoms with E-state index in [0.29, 0.717) is 17.9 Å². The second kappa shape index (κ2) is 6.35. The Labute approximate surface area is 111 Å². The van der Waals surface area contributed by atoms with Gasteiger partial charge in [-0.1, -0.05) is 37.3 Å². The summed E-state index contributed by atoms with van der Waals surface area (Å²) < 4.78 is 0. The highest BCUT2D eigenvalue weighted by atomic mass is 15.2. The number of benzene rings is 1. The quantitative estimate of drug-likeness (QED) is 0.865. The zero-order chi connectivity index (χ0) is 13.0. The van der Waals surface area contributed by atoms with E-state index in [1.54, 1.807) is 0 Å². The monoisotopic (exact) mass is 246 g/mol. The van der Waals surface area contributed by atoms with E-state index in [1.807, 2.05) is 0 Å². The van der Waals surface area contributed by atoms with Gasteiger partial charge in [-0.15, -0.1) is 0 Å². The third kappa shape index (κ3) is 3.33. The summed E-state index contributed by atoms with van der Waals surface area (Å²) in [5.74, 6) is 1.36. The van der Waals surface area contributed by atoms with Gasteiger partial charge in [-0.2, -0.15) is 0 Å². The molecular formula is C16H26N2. The predicted octanol–water partition coefficient (Wildman–Crippen LogP) is 2.85. The van der Waals surface area contributed by atoms with Gasteiger partial charge in [0, 0.05) is 12.6 Å². The highest BCUT2D eigenvalue weighted by molar-refractivity contribution is 5.18. The third-order valence-corrected chi connectivity index (χ3v) is 4.34. The van der Waals surface area contributed by atoms with Crippen LogP contribution in [0, 0.1) is 5.92 Å². The Balaban J connectivity index is 1.81. The SMILES string of the molecule is CC(CCN1CC(CN)CC1C)c1ccccc1. The minimum absolute atomic E-state index is 0.648. The molecule has 0 amide bonds. The minimum atomic E-state index is 0.648. The van der Waals surface area contributed by atoms with E-state index in [4.69, 9.17) is 5.73 Å². The fraction of sp³-hybridized carbons (Fsp3) is 0.625. The zero-order valence-electron chi connectivity index (χ0n) is 11.7. The summed E-state index contributed by atoms with van der Waals surface area (Å²) in [6.07, 6.45) is 2.52. The van der Waals surface area contributed by atoms with Crippen molar-refractivity contribution in [1.82, 2.24) is 4.90 Å². The van der Waals surface area contributed by atoms with Gasteiger partial charge in [0.15, 0.2) is 0 Å². The van der Waals surface area contributed by atoms with Gasteiger partial charge < -0.3 is 10.6 Å². The fourth-order valence-electron chi connectivity index (χ4n) is 3.01. The summed E-state index contributed by atoms with van der Waals surface area (Å²) in [6, 6.07) is 11.5. The average molecular weight is 246 g/mol. The van der Waals surface area contributed by atoms with Crippen molar-refractivity contribution in [1.29, 1.82) is 0 Å². The summed E-state index contributed by atoms with van der Waals surface area (Å²) in [4.78, 5) is 2.61. The molecule has 3 unspecified atom stereocenters. The molecule has 1 aromatic rings. The van der Waals surface area contributed by atoms with Crippen LogP contribution in [-0.2, 0) is 0 Å². The summed E-state index contributed by atoms with van der Waals surface area (Å²) in [5.41, 5.74) is 7.24. The van der Waals surface area contributed by atoms with Crippen LogP contribution in [0.2, 0.25) is 0 Å². The Morgan fingerprint density at radius 3 is 2.67 bits per heavy atom. The zero-order valence-corrected chi connectivity index (χ0v) is 11.7. The number of likely N-dealkylation sites (tertiary alicyclic amines) is 1. The smallest absolute Gasteiger partial charge is 0.00706 e. The van der Waals surface area contributed by atoms with Crippen molar-refractivity contribution in [3.05, 3.63) is 35.9 Å². The van der Waals surface area contributed by atoms with E-state index < -0.39 is 0 Å². The largest absolute Gasteiger partial charge is 0.330 e. The summed E-state index contributed by atoms with van der Waals surface area (Å²) in [5, 5.41) is 0. The number of nitrogens with two attached hydrogens (primary N) is 1. The minimum Gasteiger partial charge on any atom is -0.330 e. The normalized spacial score (nSPS) is 26.4. The van der Waals surface area contributed by atoms with Gasteiger partial charge in [0.25, 0.3) is 0 Å². The molecule has 1 fully saturated rings. The maximum atomic E-state index is 5.78. The molecule has 2 rings (SSSR count). The first-order chi connectivity index (χ1) is 8.70. The second-order valence-corrected chi connectivity index (χ2v) is 5.78. The molecule has 0 saturated carbocycles. The van der Waals surface area contributed by atoms with Gasteiger partial charge in [-0.05, 0) is 50.3 Å². The van der Waals surface area contributed by atoms with Crippen molar-refractivity contribution in [3.63, 3.8) is 0 Å². The summed E-state index contributed by atoms with van der Waals surface area (Å²) in [6.45, 7) is 7.90. The highest BCUT2D eigenvalue weighted by Crippen LogP contribution is 2.25. The standard InChI is InChI=1S/C16H26N2/c1-13(16-6-4-3-5-7-16)8-9-18-12-15(11-17)10-14(18)2/h3-7,13-15H,8-12,17H2,1-2H3. The Morgan fingerprint density at radius 2 is 2.06 bits per heavy atom. The van der Waals surface area contributed by atoms with Crippen molar-refractivity contribution >= 4 is 0 Å². The van der Waals surface area contributed by atoms with Crippen molar-refractivity contribution in [2.75, 3.05) is 19.6 Å². The number of hydrogen-bond donors (Lipinski definition) is 1. The van der Waals surface area contributed by atoms with Gasteiger partial charge in [0.1, 0.15) is 0 Å². The van der Waals surface area contributed by atoms with Crippen LogP contribution < -0.4 is 5.73 Å². The Bertz CT molecular complexity index is 349. The maximum Gasteiger partial charge on any atom is 0.00706 e. The predicted molar refractivity (Wildman–Crippen MR) is 77.7 cm³/mol. The molecule has 0 aliphatic carbocycles. The second-order valence-electron chi connectivity index (χ2n) is 5.78. The van der Waals surface area contributed by atoms with E-state index in [-0.39, 0.29) is 0 Å². The topological polar surface area (TPSA) is 29.3 Å². The third-order valence-electron chi connectivity index (χ3n) is 4.34. The average Bonchev–Trinajstić information content (AvgIpc) is 2.77. The molecule has 1 heterocycles. The molecular weight excluding hydrogens is 220 g/mol. The molecule has 0 spiro atoms. The van der Waals surface area contributed by atoms with Crippen LogP contribution in [0.3, 0.4) is 0 Å². The molecule has 3 atom stereocenters. The first-order valence-corrected chi connectivity index (χ1v) is 7.19. The van der Waals surface area contributed by atoms with Crippen molar-refractivity contribution in [2.24, 2.45) is 11.7 Å². The molecule has 2 heteroatoms. The van der Waals surface area contributed by atoms with E-state index in [0.717, 1.165) is 6.54 Å². The lowest BCUT2D eigenvalue weighted by molar-refractivity contribution is 0.255. The van der Waals surface area contributed by atoms with E-state index in [1.165, 1.54) is 31.5 Å². The van der Waals surface area contributed by atoms with Gasteiger partial charge in [-0.25, -0.2) is 0 Å². The first kappa shape index (κ1) is 13.6. The molecule has 1 aliphatic heterocycles. The number of hydrogen-bond acceptors (Lipinski definition) is 2. The number of rotatable bonds is 5. The lowest BCUT2D eigenvalue weighted by Gasteiger charge is -2.23. The van der Waals surface area contributed by atoms with Crippen LogP contribution in [-0.4, -0.2) is 30.6 Å². The lowest BCUT2D eigenvalue weighted by atomic mass is 9.98. The van der Waals surface area contributed by atoms with Crippen LogP contribution >= 0.6 is 0 Å². The molecule has 2 nitrogen and oxygen atoms in total. The van der Waals surface area contributed by atoms with E-state index in [2.05, 4.69) is 49.1 Å². The summed E-state index contributed by atoms with van der Waals surface area (Å²) >= 11 is 0. The summed E-state index contributed by atoms with van der Waals surface area (Å²) in [7, 11) is 0. The van der Waals surface area contributed by atoms with Crippen molar-refractivity contribution < 1.29 is 0 Å².